The third-order valence-corrected chi connectivity index (χ3v) is 2.19. The van der Waals surface area contributed by atoms with Gasteiger partial charge < -0.3 is 4.98 Å². The number of alkyl halides is 3. The van der Waals surface area contributed by atoms with Crippen molar-refractivity contribution in [1.29, 1.82) is 0 Å². The van der Waals surface area contributed by atoms with E-state index in [4.69, 9.17) is 0 Å². The maximum atomic E-state index is 12.4. The molecule has 0 atom stereocenters. The average molecular weight is 228 g/mol. The molecule has 1 aromatic carbocycles. The fourth-order valence-electron chi connectivity index (χ4n) is 1.35. The van der Waals surface area contributed by atoms with Crippen LogP contribution in [0.15, 0.2) is 23.0 Å². The maximum Gasteiger partial charge on any atom is 0.416 e. The number of H-pyrrole nitrogens is 1. The molecular formula is C10H7F3N2O. The minimum absolute atomic E-state index is 0.0884. The monoisotopic (exact) mass is 228 g/mol. The van der Waals surface area contributed by atoms with Gasteiger partial charge in [0.1, 0.15) is 5.69 Å². The number of fused-ring (bicyclic) bond motifs is 1. The molecule has 0 fully saturated rings. The van der Waals surface area contributed by atoms with Gasteiger partial charge in [0, 0.05) is 0 Å². The fourth-order valence-corrected chi connectivity index (χ4v) is 1.35. The van der Waals surface area contributed by atoms with E-state index in [0.29, 0.717) is 5.52 Å². The van der Waals surface area contributed by atoms with E-state index < -0.39 is 17.3 Å². The molecule has 6 heteroatoms. The Morgan fingerprint density at radius 3 is 2.62 bits per heavy atom. The molecule has 1 heterocycles. The van der Waals surface area contributed by atoms with Gasteiger partial charge in [-0.05, 0) is 25.1 Å². The summed E-state index contributed by atoms with van der Waals surface area (Å²) in [5, 5.41) is 0. The summed E-state index contributed by atoms with van der Waals surface area (Å²) in [5.41, 5.74) is -0.629. The summed E-state index contributed by atoms with van der Waals surface area (Å²) in [6.45, 7) is 1.50. The van der Waals surface area contributed by atoms with E-state index in [9.17, 15) is 18.0 Å². The summed E-state index contributed by atoms with van der Waals surface area (Å²) in [6, 6.07) is 3.05. The highest BCUT2D eigenvalue weighted by molar-refractivity contribution is 5.74. The molecule has 0 unspecified atom stereocenters. The number of hydrogen-bond donors (Lipinski definition) is 1. The molecule has 2 aromatic rings. The Bertz CT molecular complexity index is 601. The summed E-state index contributed by atoms with van der Waals surface area (Å²) < 4.78 is 37.1. The fraction of sp³-hybridized carbons (Fsp3) is 0.200. The molecule has 0 spiro atoms. The van der Waals surface area contributed by atoms with Crippen molar-refractivity contribution in [2.45, 2.75) is 13.1 Å². The van der Waals surface area contributed by atoms with E-state index in [-0.39, 0.29) is 11.2 Å². The topological polar surface area (TPSA) is 45.8 Å². The van der Waals surface area contributed by atoms with Crippen LogP contribution in [0.4, 0.5) is 13.2 Å². The number of aryl methyl sites for hydroxylation is 1. The molecule has 2 rings (SSSR count). The van der Waals surface area contributed by atoms with E-state index in [1.807, 2.05) is 0 Å². The highest BCUT2D eigenvalue weighted by atomic mass is 19.4. The van der Waals surface area contributed by atoms with Crippen LogP contribution in [0.1, 0.15) is 11.3 Å². The summed E-state index contributed by atoms with van der Waals surface area (Å²) in [6.07, 6.45) is -4.42. The second-order valence-corrected chi connectivity index (χ2v) is 3.38. The predicted molar refractivity (Wildman–Crippen MR) is 52.1 cm³/mol. The number of halogens is 3. The largest absolute Gasteiger partial charge is 0.416 e. The normalized spacial score (nSPS) is 12.0. The first kappa shape index (κ1) is 10.7. The van der Waals surface area contributed by atoms with E-state index in [1.165, 1.54) is 13.0 Å². The second-order valence-electron chi connectivity index (χ2n) is 3.38. The van der Waals surface area contributed by atoms with Crippen molar-refractivity contribution in [3.05, 3.63) is 39.8 Å². The molecule has 0 aliphatic rings. The smallest absolute Gasteiger partial charge is 0.319 e. The molecule has 1 N–H and O–H groups in total. The van der Waals surface area contributed by atoms with Crippen molar-refractivity contribution in [1.82, 2.24) is 9.97 Å². The first-order valence-electron chi connectivity index (χ1n) is 4.46. The minimum Gasteiger partial charge on any atom is -0.319 e. The number of benzene rings is 1. The lowest BCUT2D eigenvalue weighted by Crippen LogP contribution is -2.12. The molecule has 0 aliphatic heterocycles. The van der Waals surface area contributed by atoms with Crippen LogP contribution in [-0.4, -0.2) is 9.97 Å². The number of hydrogen-bond acceptors (Lipinski definition) is 2. The second kappa shape index (κ2) is 3.33. The van der Waals surface area contributed by atoms with Gasteiger partial charge in [-0.2, -0.15) is 13.2 Å². The first-order valence-corrected chi connectivity index (χ1v) is 4.46. The Morgan fingerprint density at radius 2 is 2.00 bits per heavy atom. The van der Waals surface area contributed by atoms with Crippen molar-refractivity contribution in [3.8, 4) is 0 Å². The Morgan fingerprint density at radius 1 is 1.31 bits per heavy atom. The van der Waals surface area contributed by atoms with E-state index in [1.54, 1.807) is 0 Å². The zero-order valence-corrected chi connectivity index (χ0v) is 8.22. The molecule has 0 aliphatic carbocycles. The molecule has 0 radical (unpaired) electrons. The van der Waals surface area contributed by atoms with Gasteiger partial charge in [0.05, 0.1) is 16.6 Å². The van der Waals surface area contributed by atoms with Crippen LogP contribution in [0.2, 0.25) is 0 Å². The van der Waals surface area contributed by atoms with Crippen LogP contribution in [0, 0.1) is 6.92 Å². The van der Waals surface area contributed by atoms with Crippen LogP contribution >= 0.6 is 0 Å². The van der Waals surface area contributed by atoms with Crippen molar-refractivity contribution in [2.24, 2.45) is 0 Å². The Hall–Kier alpha value is -1.85. The lowest BCUT2D eigenvalue weighted by Gasteiger charge is -2.07. The van der Waals surface area contributed by atoms with Crippen LogP contribution in [0.3, 0.4) is 0 Å². The highest BCUT2D eigenvalue weighted by Crippen LogP contribution is 2.30. The van der Waals surface area contributed by atoms with Gasteiger partial charge in [-0.15, -0.1) is 0 Å². The summed E-state index contributed by atoms with van der Waals surface area (Å²) in [5.74, 6) is 0. The molecule has 84 valence electrons. The Labute approximate surface area is 87.9 Å². The SMILES string of the molecule is Cc1nc2ccc(C(F)(F)F)cc2[nH]c1=O. The molecule has 0 bridgehead atoms. The summed E-state index contributed by atoms with van der Waals surface area (Å²) in [7, 11) is 0. The van der Waals surface area contributed by atoms with Crippen LogP contribution in [0.5, 0.6) is 0 Å². The van der Waals surface area contributed by atoms with Crippen molar-refractivity contribution in [2.75, 3.05) is 0 Å². The molecule has 16 heavy (non-hydrogen) atoms. The molecular weight excluding hydrogens is 221 g/mol. The van der Waals surface area contributed by atoms with Gasteiger partial charge in [0.25, 0.3) is 5.56 Å². The summed E-state index contributed by atoms with van der Waals surface area (Å²) in [4.78, 5) is 17.4. The molecule has 0 saturated heterocycles. The van der Waals surface area contributed by atoms with Gasteiger partial charge in [0.2, 0.25) is 0 Å². The predicted octanol–water partition coefficient (Wildman–Crippen LogP) is 2.25. The van der Waals surface area contributed by atoms with Crippen LogP contribution in [-0.2, 0) is 6.18 Å². The quantitative estimate of drug-likeness (QED) is 0.751. The third kappa shape index (κ3) is 1.78. The van der Waals surface area contributed by atoms with E-state index >= 15 is 0 Å². The van der Waals surface area contributed by atoms with Crippen molar-refractivity contribution in [3.63, 3.8) is 0 Å². The number of rotatable bonds is 0. The van der Waals surface area contributed by atoms with Crippen molar-refractivity contribution < 1.29 is 13.2 Å². The van der Waals surface area contributed by atoms with Crippen LogP contribution in [0.25, 0.3) is 11.0 Å². The Balaban J connectivity index is 2.72. The zero-order valence-electron chi connectivity index (χ0n) is 8.22. The maximum absolute atomic E-state index is 12.4. The zero-order chi connectivity index (χ0) is 11.9. The van der Waals surface area contributed by atoms with Gasteiger partial charge in [-0.1, -0.05) is 0 Å². The molecule has 0 saturated carbocycles. The molecule has 1 aromatic heterocycles. The lowest BCUT2D eigenvalue weighted by atomic mass is 10.2. The number of nitrogens with one attached hydrogen (secondary N) is 1. The molecule has 0 amide bonds. The first-order chi connectivity index (χ1) is 7.38. The summed E-state index contributed by atoms with van der Waals surface area (Å²) >= 11 is 0. The number of nitrogens with zero attached hydrogens (tertiary/aromatic N) is 1. The third-order valence-electron chi connectivity index (χ3n) is 2.19. The standard InChI is InChI=1S/C10H7F3N2O/c1-5-9(16)15-8-4-6(10(11,12)13)2-3-7(8)14-5/h2-4H,1H3,(H,15,16). The average Bonchev–Trinajstić information content (AvgIpc) is 2.17. The number of aromatic amines is 1. The van der Waals surface area contributed by atoms with E-state index in [0.717, 1.165) is 12.1 Å². The van der Waals surface area contributed by atoms with E-state index in [2.05, 4.69) is 9.97 Å². The Kier molecular flexibility index (Phi) is 2.22. The van der Waals surface area contributed by atoms with Gasteiger partial charge in [-0.25, -0.2) is 4.98 Å². The lowest BCUT2D eigenvalue weighted by molar-refractivity contribution is -0.137. The van der Waals surface area contributed by atoms with Gasteiger partial charge >= 0.3 is 6.18 Å². The highest BCUT2D eigenvalue weighted by Gasteiger charge is 2.30. The molecule has 3 nitrogen and oxygen atoms in total. The van der Waals surface area contributed by atoms with Gasteiger partial charge in [-0.3, -0.25) is 4.79 Å². The van der Waals surface area contributed by atoms with Gasteiger partial charge in [0.15, 0.2) is 0 Å². The minimum atomic E-state index is -4.42. The van der Waals surface area contributed by atoms with Crippen LogP contribution < -0.4 is 5.56 Å². The van der Waals surface area contributed by atoms with Crippen molar-refractivity contribution >= 4 is 11.0 Å². The number of aromatic nitrogens is 2.